The van der Waals surface area contributed by atoms with Crippen LogP contribution in [0.15, 0.2) is 6.20 Å². The Balaban J connectivity index is 2.33. The zero-order chi connectivity index (χ0) is 11.8. The largest absolute Gasteiger partial charge is 0.389 e. The van der Waals surface area contributed by atoms with Crippen molar-refractivity contribution in [2.45, 2.75) is 31.9 Å². The summed E-state index contributed by atoms with van der Waals surface area (Å²) in [4.78, 5) is 0. The molecule has 1 aromatic rings. The van der Waals surface area contributed by atoms with Crippen LogP contribution < -0.4 is 5.73 Å². The van der Waals surface area contributed by atoms with E-state index in [2.05, 4.69) is 10.3 Å². The quantitative estimate of drug-likeness (QED) is 0.589. The number of rotatable bonds is 8. The van der Waals surface area contributed by atoms with E-state index in [1.165, 1.54) is 0 Å². The van der Waals surface area contributed by atoms with Crippen LogP contribution in [0.3, 0.4) is 0 Å². The standard InChI is InChI=1S/C10H20N4O2/c1-16-8-10(15)7-14-6-9(12-13-14)4-2-3-5-11/h6,10,15H,2-5,7-8,11H2,1H3. The normalized spacial score (nSPS) is 12.9. The molecular formula is C10H20N4O2. The van der Waals surface area contributed by atoms with Crippen molar-refractivity contribution in [2.75, 3.05) is 20.3 Å². The Bertz CT molecular complexity index is 290. The number of aliphatic hydroxyl groups excluding tert-OH is 1. The lowest BCUT2D eigenvalue weighted by atomic mass is 10.2. The van der Waals surface area contributed by atoms with Crippen LogP contribution in [-0.2, 0) is 17.7 Å². The van der Waals surface area contributed by atoms with Crippen molar-refractivity contribution < 1.29 is 9.84 Å². The number of unbranched alkanes of at least 4 members (excludes halogenated alkanes) is 1. The predicted octanol–water partition coefficient (Wildman–Crippen LogP) is -0.433. The fraction of sp³-hybridized carbons (Fsp3) is 0.800. The van der Waals surface area contributed by atoms with Crippen LogP contribution in [0.5, 0.6) is 0 Å². The van der Waals surface area contributed by atoms with Gasteiger partial charge in [-0.2, -0.15) is 0 Å². The van der Waals surface area contributed by atoms with Gasteiger partial charge in [0.1, 0.15) is 0 Å². The molecule has 1 rings (SSSR count). The molecule has 1 aromatic heterocycles. The van der Waals surface area contributed by atoms with Crippen molar-refractivity contribution in [1.82, 2.24) is 15.0 Å². The lowest BCUT2D eigenvalue weighted by Gasteiger charge is -2.07. The molecule has 1 atom stereocenters. The van der Waals surface area contributed by atoms with Crippen molar-refractivity contribution in [2.24, 2.45) is 5.73 Å². The Kier molecular flexibility index (Phi) is 5.99. The van der Waals surface area contributed by atoms with Crippen LogP contribution in [0.2, 0.25) is 0 Å². The van der Waals surface area contributed by atoms with E-state index >= 15 is 0 Å². The zero-order valence-corrected chi connectivity index (χ0v) is 9.67. The smallest absolute Gasteiger partial charge is 0.0969 e. The predicted molar refractivity (Wildman–Crippen MR) is 59.9 cm³/mol. The first-order chi connectivity index (χ1) is 7.76. The molecule has 0 saturated heterocycles. The minimum absolute atomic E-state index is 0.308. The van der Waals surface area contributed by atoms with Crippen molar-refractivity contribution in [1.29, 1.82) is 0 Å². The topological polar surface area (TPSA) is 86.2 Å². The highest BCUT2D eigenvalue weighted by Crippen LogP contribution is 2.01. The Morgan fingerprint density at radius 2 is 2.38 bits per heavy atom. The highest BCUT2D eigenvalue weighted by Gasteiger charge is 2.06. The molecule has 0 aliphatic rings. The van der Waals surface area contributed by atoms with Gasteiger partial charge in [-0.3, -0.25) is 0 Å². The maximum Gasteiger partial charge on any atom is 0.0969 e. The summed E-state index contributed by atoms with van der Waals surface area (Å²) < 4.78 is 6.48. The third-order valence-electron chi connectivity index (χ3n) is 2.23. The molecule has 0 amide bonds. The van der Waals surface area contributed by atoms with Crippen LogP contribution in [0.25, 0.3) is 0 Å². The fourth-order valence-electron chi connectivity index (χ4n) is 1.45. The maximum atomic E-state index is 9.50. The molecule has 1 heterocycles. The molecule has 1 unspecified atom stereocenters. The molecule has 0 aromatic carbocycles. The number of nitrogens with two attached hydrogens (primary N) is 1. The molecule has 3 N–H and O–H groups in total. The summed E-state index contributed by atoms with van der Waals surface area (Å²) in [6.07, 6.45) is 4.23. The SMILES string of the molecule is COCC(O)Cn1cc(CCCCN)nn1. The summed E-state index contributed by atoms with van der Waals surface area (Å²) in [7, 11) is 1.56. The molecule has 6 heteroatoms. The Morgan fingerprint density at radius 1 is 1.56 bits per heavy atom. The van der Waals surface area contributed by atoms with Gasteiger partial charge in [-0.1, -0.05) is 5.21 Å². The van der Waals surface area contributed by atoms with E-state index in [1.54, 1.807) is 11.8 Å². The zero-order valence-electron chi connectivity index (χ0n) is 9.67. The second kappa shape index (κ2) is 7.32. The van der Waals surface area contributed by atoms with Gasteiger partial charge in [0.05, 0.1) is 24.9 Å². The summed E-state index contributed by atoms with van der Waals surface area (Å²) in [5.74, 6) is 0. The first-order valence-corrected chi connectivity index (χ1v) is 5.52. The van der Waals surface area contributed by atoms with Gasteiger partial charge in [-0.15, -0.1) is 5.10 Å². The first kappa shape index (κ1) is 13.1. The van der Waals surface area contributed by atoms with Crippen molar-refractivity contribution in [3.8, 4) is 0 Å². The lowest BCUT2D eigenvalue weighted by molar-refractivity contribution is 0.0510. The maximum absolute atomic E-state index is 9.50. The summed E-state index contributed by atoms with van der Waals surface area (Å²) in [5.41, 5.74) is 6.35. The summed E-state index contributed by atoms with van der Waals surface area (Å²) in [6, 6.07) is 0. The molecule has 6 nitrogen and oxygen atoms in total. The Labute approximate surface area is 95.4 Å². The molecular weight excluding hydrogens is 208 g/mol. The van der Waals surface area contributed by atoms with Crippen LogP contribution >= 0.6 is 0 Å². The number of ether oxygens (including phenoxy) is 1. The number of aromatic nitrogens is 3. The van der Waals surface area contributed by atoms with Crippen molar-refractivity contribution >= 4 is 0 Å². The van der Waals surface area contributed by atoms with Crippen LogP contribution in [0.1, 0.15) is 18.5 Å². The average Bonchev–Trinajstić information content (AvgIpc) is 2.66. The van der Waals surface area contributed by atoms with E-state index in [9.17, 15) is 5.11 Å². The van der Waals surface area contributed by atoms with Gasteiger partial charge in [0.15, 0.2) is 0 Å². The molecule has 0 bridgehead atoms. The third-order valence-corrected chi connectivity index (χ3v) is 2.23. The summed E-state index contributed by atoms with van der Waals surface area (Å²) in [6.45, 7) is 1.43. The molecule has 0 aliphatic heterocycles. The van der Waals surface area contributed by atoms with Gasteiger partial charge in [-0.05, 0) is 25.8 Å². The van der Waals surface area contributed by atoms with Gasteiger partial charge >= 0.3 is 0 Å². The number of nitrogens with zero attached hydrogens (tertiary/aromatic N) is 3. The van der Waals surface area contributed by atoms with Gasteiger partial charge in [-0.25, -0.2) is 4.68 Å². The van der Waals surface area contributed by atoms with E-state index in [-0.39, 0.29) is 0 Å². The molecule has 92 valence electrons. The minimum Gasteiger partial charge on any atom is -0.389 e. The average molecular weight is 228 g/mol. The van der Waals surface area contributed by atoms with Gasteiger partial charge in [0.2, 0.25) is 0 Å². The number of hydrogen-bond donors (Lipinski definition) is 2. The molecule has 0 fully saturated rings. The van der Waals surface area contributed by atoms with Crippen LogP contribution in [-0.4, -0.2) is 46.5 Å². The van der Waals surface area contributed by atoms with Gasteiger partial charge < -0.3 is 15.6 Å². The molecule has 0 radical (unpaired) electrons. The van der Waals surface area contributed by atoms with E-state index < -0.39 is 6.10 Å². The summed E-state index contributed by atoms with van der Waals surface area (Å²) in [5, 5.41) is 17.5. The fourth-order valence-corrected chi connectivity index (χ4v) is 1.45. The third kappa shape index (κ3) is 4.69. The van der Waals surface area contributed by atoms with Crippen LogP contribution in [0.4, 0.5) is 0 Å². The van der Waals surface area contributed by atoms with E-state index in [0.29, 0.717) is 19.7 Å². The molecule has 0 aliphatic carbocycles. The Morgan fingerprint density at radius 3 is 3.06 bits per heavy atom. The second-order valence-corrected chi connectivity index (χ2v) is 3.79. The Hall–Kier alpha value is -0.980. The minimum atomic E-state index is -0.538. The number of methoxy groups -OCH3 is 1. The monoisotopic (exact) mass is 228 g/mol. The molecule has 16 heavy (non-hydrogen) atoms. The van der Waals surface area contributed by atoms with Gasteiger partial charge in [0, 0.05) is 13.3 Å². The lowest BCUT2D eigenvalue weighted by Crippen LogP contribution is -2.21. The second-order valence-electron chi connectivity index (χ2n) is 3.79. The molecule has 0 spiro atoms. The van der Waals surface area contributed by atoms with E-state index in [4.69, 9.17) is 10.5 Å². The van der Waals surface area contributed by atoms with Crippen LogP contribution in [0, 0.1) is 0 Å². The molecule has 0 saturated carbocycles. The highest BCUT2D eigenvalue weighted by atomic mass is 16.5. The summed E-state index contributed by atoms with van der Waals surface area (Å²) >= 11 is 0. The number of aliphatic hydroxyl groups is 1. The highest BCUT2D eigenvalue weighted by molar-refractivity contribution is 4.92. The van der Waals surface area contributed by atoms with Crippen molar-refractivity contribution in [3.05, 3.63) is 11.9 Å². The van der Waals surface area contributed by atoms with Crippen molar-refractivity contribution in [3.63, 3.8) is 0 Å². The number of hydrogen-bond acceptors (Lipinski definition) is 5. The van der Waals surface area contributed by atoms with E-state index in [0.717, 1.165) is 25.0 Å². The van der Waals surface area contributed by atoms with E-state index in [1.807, 2.05) is 6.20 Å². The first-order valence-electron chi connectivity index (χ1n) is 5.52. The number of aryl methyl sites for hydroxylation is 1. The van der Waals surface area contributed by atoms with Gasteiger partial charge in [0.25, 0.3) is 0 Å².